The third-order valence-corrected chi connectivity index (χ3v) is 3.10. The van der Waals surface area contributed by atoms with Crippen molar-refractivity contribution in [1.82, 2.24) is 10.3 Å². The minimum atomic E-state index is -0.574. The van der Waals surface area contributed by atoms with Gasteiger partial charge in [0.25, 0.3) is 5.91 Å². The highest BCUT2D eigenvalue weighted by Crippen LogP contribution is 2.13. The lowest BCUT2D eigenvalue weighted by molar-refractivity contribution is 0.0924. The summed E-state index contributed by atoms with van der Waals surface area (Å²) < 4.78 is 12.6. The van der Waals surface area contributed by atoms with Gasteiger partial charge in [0.2, 0.25) is 5.95 Å². The van der Waals surface area contributed by atoms with Crippen molar-refractivity contribution in [2.75, 3.05) is 0 Å². The van der Waals surface area contributed by atoms with Gasteiger partial charge in [0.1, 0.15) is 0 Å². The summed E-state index contributed by atoms with van der Waals surface area (Å²) >= 11 is 0. The van der Waals surface area contributed by atoms with Crippen LogP contribution in [0.25, 0.3) is 0 Å². The minimum absolute atomic E-state index is 0.113. The number of amides is 1. The van der Waals surface area contributed by atoms with E-state index in [2.05, 4.69) is 24.1 Å². The molecule has 3 nitrogen and oxygen atoms in total. The molecule has 1 atom stereocenters. The van der Waals surface area contributed by atoms with Crippen LogP contribution in [-0.2, 0) is 0 Å². The largest absolute Gasteiger partial charge is 0.349 e. The summed E-state index contributed by atoms with van der Waals surface area (Å²) in [6.45, 7) is 6.21. The zero-order valence-corrected chi connectivity index (χ0v) is 10.5. The highest BCUT2D eigenvalue weighted by Gasteiger charge is 2.16. The standard InChI is InChI=1S/C13H19FN2O/c1-4-10(5-2)9(3)16-13(17)11-6-7-12(14)15-8-11/h6-10H,4-5H2,1-3H3,(H,16,17). The molecule has 1 N–H and O–H groups in total. The van der Waals surface area contributed by atoms with Crippen molar-refractivity contribution in [3.8, 4) is 0 Å². The van der Waals surface area contributed by atoms with Gasteiger partial charge in [-0.15, -0.1) is 0 Å². The van der Waals surface area contributed by atoms with Crippen LogP contribution >= 0.6 is 0 Å². The van der Waals surface area contributed by atoms with Crippen LogP contribution in [0.4, 0.5) is 4.39 Å². The van der Waals surface area contributed by atoms with Crippen molar-refractivity contribution >= 4 is 5.91 Å². The van der Waals surface area contributed by atoms with Gasteiger partial charge in [0, 0.05) is 12.2 Å². The molecule has 1 heterocycles. The molecular weight excluding hydrogens is 219 g/mol. The van der Waals surface area contributed by atoms with E-state index in [1.807, 2.05) is 6.92 Å². The molecule has 1 rings (SSSR count). The molecule has 0 fully saturated rings. The monoisotopic (exact) mass is 238 g/mol. The molecule has 4 heteroatoms. The van der Waals surface area contributed by atoms with Crippen molar-refractivity contribution in [3.63, 3.8) is 0 Å². The number of nitrogens with zero attached hydrogens (tertiary/aromatic N) is 1. The molecule has 0 aromatic carbocycles. The number of aromatic nitrogens is 1. The molecule has 0 radical (unpaired) electrons. The molecule has 1 aromatic heterocycles. The fourth-order valence-corrected chi connectivity index (χ4v) is 1.91. The lowest BCUT2D eigenvalue weighted by Crippen LogP contribution is -2.37. The lowest BCUT2D eigenvalue weighted by atomic mass is 9.95. The predicted octanol–water partition coefficient (Wildman–Crippen LogP) is 2.78. The summed E-state index contributed by atoms with van der Waals surface area (Å²) in [6, 6.07) is 2.75. The Hall–Kier alpha value is -1.45. The van der Waals surface area contributed by atoms with Crippen LogP contribution in [0, 0.1) is 11.9 Å². The first-order valence-corrected chi connectivity index (χ1v) is 6.00. The van der Waals surface area contributed by atoms with Crippen molar-refractivity contribution in [2.45, 2.75) is 39.7 Å². The number of hydrogen-bond donors (Lipinski definition) is 1. The van der Waals surface area contributed by atoms with Crippen LogP contribution in [0.5, 0.6) is 0 Å². The van der Waals surface area contributed by atoms with E-state index < -0.39 is 5.95 Å². The number of hydrogen-bond acceptors (Lipinski definition) is 2. The zero-order valence-electron chi connectivity index (χ0n) is 10.5. The third kappa shape index (κ3) is 3.80. The minimum Gasteiger partial charge on any atom is -0.349 e. The highest BCUT2D eigenvalue weighted by atomic mass is 19.1. The molecular formula is C13H19FN2O. The Balaban J connectivity index is 2.62. The number of carbonyl (C=O) groups is 1. The maximum absolute atomic E-state index is 12.6. The summed E-state index contributed by atoms with van der Waals surface area (Å²) in [7, 11) is 0. The first-order valence-electron chi connectivity index (χ1n) is 6.00. The van der Waals surface area contributed by atoms with Gasteiger partial charge in [-0.2, -0.15) is 4.39 Å². The summed E-state index contributed by atoms with van der Waals surface area (Å²) in [5.74, 6) is -0.307. The molecule has 0 aliphatic carbocycles. The number of nitrogens with one attached hydrogen (secondary N) is 1. The van der Waals surface area contributed by atoms with E-state index in [0.29, 0.717) is 11.5 Å². The Kier molecular flexibility index (Phi) is 5.07. The maximum Gasteiger partial charge on any atom is 0.253 e. The van der Waals surface area contributed by atoms with Crippen molar-refractivity contribution < 1.29 is 9.18 Å². The number of pyridine rings is 1. The van der Waals surface area contributed by atoms with Gasteiger partial charge in [-0.3, -0.25) is 4.79 Å². The number of halogens is 1. The smallest absolute Gasteiger partial charge is 0.253 e. The predicted molar refractivity (Wildman–Crippen MR) is 65.2 cm³/mol. The zero-order chi connectivity index (χ0) is 12.8. The van der Waals surface area contributed by atoms with Gasteiger partial charge in [-0.1, -0.05) is 26.7 Å². The quantitative estimate of drug-likeness (QED) is 0.801. The summed E-state index contributed by atoms with van der Waals surface area (Å²) in [4.78, 5) is 15.3. The lowest BCUT2D eigenvalue weighted by Gasteiger charge is -2.22. The Morgan fingerprint density at radius 3 is 2.53 bits per heavy atom. The van der Waals surface area contributed by atoms with E-state index in [1.54, 1.807) is 0 Å². The van der Waals surface area contributed by atoms with Gasteiger partial charge in [0.15, 0.2) is 0 Å². The van der Waals surface area contributed by atoms with E-state index >= 15 is 0 Å². The third-order valence-electron chi connectivity index (χ3n) is 3.10. The second kappa shape index (κ2) is 6.33. The summed E-state index contributed by atoms with van der Waals surface area (Å²) in [6.07, 6.45) is 3.31. The molecule has 17 heavy (non-hydrogen) atoms. The molecule has 0 saturated carbocycles. The van der Waals surface area contributed by atoms with Crippen LogP contribution in [0.1, 0.15) is 44.0 Å². The second-order valence-corrected chi connectivity index (χ2v) is 4.21. The molecule has 0 aliphatic heterocycles. The first kappa shape index (κ1) is 13.6. The summed E-state index contributed by atoms with van der Waals surface area (Å²) in [5.41, 5.74) is 0.393. The van der Waals surface area contributed by atoms with Gasteiger partial charge in [-0.05, 0) is 25.0 Å². The van der Waals surface area contributed by atoms with E-state index in [4.69, 9.17) is 0 Å². The molecule has 0 saturated heterocycles. The van der Waals surface area contributed by atoms with Crippen LogP contribution in [0.15, 0.2) is 18.3 Å². The Bertz CT molecular complexity index is 360. The van der Waals surface area contributed by atoms with Crippen LogP contribution in [0.2, 0.25) is 0 Å². The highest BCUT2D eigenvalue weighted by molar-refractivity contribution is 5.93. The van der Waals surface area contributed by atoms with Crippen molar-refractivity contribution in [3.05, 3.63) is 29.8 Å². The molecule has 1 amide bonds. The maximum atomic E-state index is 12.6. The van der Waals surface area contributed by atoms with Crippen molar-refractivity contribution in [2.24, 2.45) is 5.92 Å². The molecule has 94 valence electrons. The molecule has 0 aliphatic rings. The van der Waals surface area contributed by atoms with Crippen molar-refractivity contribution in [1.29, 1.82) is 0 Å². The van der Waals surface area contributed by atoms with E-state index in [-0.39, 0.29) is 11.9 Å². The van der Waals surface area contributed by atoms with E-state index in [1.165, 1.54) is 18.3 Å². The van der Waals surface area contributed by atoms with Gasteiger partial charge < -0.3 is 5.32 Å². The second-order valence-electron chi connectivity index (χ2n) is 4.21. The summed E-state index contributed by atoms with van der Waals surface area (Å²) in [5, 5.41) is 2.92. The van der Waals surface area contributed by atoms with E-state index in [9.17, 15) is 9.18 Å². The SMILES string of the molecule is CCC(CC)C(C)NC(=O)c1ccc(F)nc1. The van der Waals surface area contributed by atoms with Gasteiger partial charge >= 0.3 is 0 Å². The van der Waals surface area contributed by atoms with Crippen LogP contribution in [-0.4, -0.2) is 16.9 Å². The fraction of sp³-hybridized carbons (Fsp3) is 0.538. The average Bonchev–Trinajstić information content (AvgIpc) is 2.31. The average molecular weight is 238 g/mol. The van der Waals surface area contributed by atoms with Crippen LogP contribution in [0.3, 0.4) is 0 Å². The van der Waals surface area contributed by atoms with Crippen LogP contribution < -0.4 is 5.32 Å². The Morgan fingerprint density at radius 1 is 1.41 bits per heavy atom. The number of carbonyl (C=O) groups excluding carboxylic acids is 1. The first-order chi connectivity index (χ1) is 8.08. The molecule has 1 aromatic rings. The molecule has 0 spiro atoms. The number of rotatable bonds is 5. The molecule has 1 unspecified atom stereocenters. The van der Waals surface area contributed by atoms with E-state index in [0.717, 1.165) is 12.8 Å². The van der Waals surface area contributed by atoms with Gasteiger partial charge in [0.05, 0.1) is 5.56 Å². The Morgan fingerprint density at radius 2 is 2.06 bits per heavy atom. The topological polar surface area (TPSA) is 42.0 Å². The van der Waals surface area contributed by atoms with Gasteiger partial charge in [-0.25, -0.2) is 4.98 Å². The normalized spacial score (nSPS) is 12.5. The Labute approximate surface area is 101 Å². The molecule has 0 bridgehead atoms. The fourth-order valence-electron chi connectivity index (χ4n) is 1.91.